The van der Waals surface area contributed by atoms with Crippen LogP contribution in [0.5, 0.6) is 0 Å². The first-order valence-electron chi connectivity index (χ1n) is 14.0. The maximum Gasteiger partial charge on any atom is 0.307 e. The molecule has 0 saturated heterocycles. The summed E-state index contributed by atoms with van der Waals surface area (Å²) in [5.74, 6) is 0.0687. The van der Waals surface area contributed by atoms with Crippen LogP contribution in [0.4, 0.5) is 0 Å². The Bertz CT molecular complexity index is 808. The largest absolute Gasteiger partial charge is 0.481 e. The number of carboxylic acids is 1. The molecule has 34 heavy (non-hydrogen) atoms. The Kier molecular flexibility index (Phi) is 6.86. The van der Waals surface area contributed by atoms with Gasteiger partial charge in [-0.25, -0.2) is 0 Å². The molecule has 4 unspecified atom stereocenters. The number of aliphatic hydroxyl groups excluding tert-OH is 2. The van der Waals surface area contributed by atoms with Crippen molar-refractivity contribution in [1.82, 2.24) is 0 Å². The zero-order valence-corrected chi connectivity index (χ0v) is 22.4. The van der Waals surface area contributed by atoms with Gasteiger partial charge in [0.2, 0.25) is 0 Å². The lowest BCUT2D eigenvalue weighted by Crippen LogP contribution is -2.66. The number of hydrogen-bond acceptors (Lipinski definition) is 3. The van der Waals surface area contributed by atoms with Gasteiger partial charge in [-0.3, -0.25) is 4.79 Å². The van der Waals surface area contributed by atoms with E-state index in [0.717, 1.165) is 63.4 Å². The number of rotatable bonds is 3. The fraction of sp³-hybridized carbons (Fsp3) is 0.900. The Morgan fingerprint density at radius 2 is 1.59 bits per heavy atom. The summed E-state index contributed by atoms with van der Waals surface area (Å²) in [4.78, 5) is 12.9. The van der Waals surface area contributed by atoms with Crippen LogP contribution in [-0.2, 0) is 4.79 Å². The van der Waals surface area contributed by atoms with Crippen molar-refractivity contribution in [3.8, 4) is 0 Å². The highest BCUT2D eigenvalue weighted by Gasteiger charge is 2.68. The fourth-order valence-corrected chi connectivity index (χ4v) is 10.4. The van der Waals surface area contributed by atoms with Crippen molar-refractivity contribution in [3.05, 3.63) is 12.2 Å². The van der Waals surface area contributed by atoms with Gasteiger partial charge in [0.25, 0.3) is 0 Å². The van der Waals surface area contributed by atoms with E-state index in [1.807, 2.05) is 6.92 Å². The average molecular weight is 475 g/mol. The third-order valence-electron chi connectivity index (χ3n) is 12.6. The van der Waals surface area contributed by atoms with E-state index >= 15 is 0 Å². The minimum atomic E-state index is -0.623. The van der Waals surface area contributed by atoms with Gasteiger partial charge >= 0.3 is 5.97 Å². The summed E-state index contributed by atoms with van der Waals surface area (Å²) in [5, 5.41) is 31.9. The number of fused-ring (bicyclic) bond motifs is 5. The van der Waals surface area contributed by atoms with Crippen LogP contribution in [0.15, 0.2) is 12.2 Å². The zero-order valence-electron chi connectivity index (χ0n) is 22.4. The standard InChI is InChI=1S/C30H50O4/c1-19(2)20-10-8-7-9-15-29(5)21(25(20)26(33)34)11-12-23-27(3)16-14-24(32)28(4,18-31)22(27)13-17-30(23,29)6/h20-25,31-32H,1,7-18H2,2-6H3,(H,33,34)/t20-,21?,22?,23?,24-,25?,27-,28-,29+,30+/m0/s1. The van der Waals surface area contributed by atoms with E-state index in [4.69, 9.17) is 0 Å². The minimum Gasteiger partial charge on any atom is -0.481 e. The molecular weight excluding hydrogens is 424 g/mol. The SMILES string of the molecule is C=C(C)[C@@H]1CCCCC[C@]2(C)C(CCC3[C@@]4(C)CC[C@H](O)[C@@](C)(CO)C4CC[C@]32C)C1C(=O)O. The molecule has 10 atom stereocenters. The normalized spacial score (nSPS) is 51.6. The molecule has 0 radical (unpaired) electrons. The van der Waals surface area contributed by atoms with Crippen LogP contribution in [0, 0.1) is 51.2 Å². The first-order chi connectivity index (χ1) is 15.9. The van der Waals surface area contributed by atoms with Crippen LogP contribution in [0.25, 0.3) is 0 Å². The molecule has 0 bridgehead atoms. The number of carboxylic acid groups (broad SMARTS) is 1. The van der Waals surface area contributed by atoms with Gasteiger partial charge < -0.3 is 15.3 Å². The summed E-state index contributed by atoms with van der Waals surface area (Å²) >= 11 is 0. The summed E-state index contributed by atoms with van der Waals surface area (Å²) in [7, 11) is 0. The number of aliphatic carboxylic acids is 1. The molecule has 4 nitrogen and oxygen atoms in total. The van der Waals surface area contributed by atoms with Crippen LogP contribution in [-0.4, -0.2) is 34.0 Å². The van der Waals surface area contributed by atoms with Crippen molar-refractivity contribution in [2.45, 2.75) is 111 Å². The average Bonchev–Trinajstić information content (AvgIpc) is 2.84. The van der Waals surface area contributed by atoms with Crippen LogP contribution >= 0.6 is 0 Å². The van der Waals surface area contributed by atoms with E-state index in [1.54, 1.807) is 0 Å². The van der Waals surface area contributed by atoms with Crippen LogP contribution in [0.1, 0.15) is 105 Å². The second-order valence-corrected chi connectivity index (χ2v) is 13.8. The number of aliphatic hydroxyl groups is 2. The van der Waals surface area contributed by atoms with Gasteiger partial charge in [-0.2, -0.15) is 0 Å². The highest BCUT2D eigenvalue weighted by Crippen LogP contribution is 2.74. The Morgan fingerprint density at radius 3 is 2.21 bits per heavy atom. The highest BCUT2D eigenvalue weighted by atomic mass is 16.4. The number of hydrogen-bond donors (Lipinski definition) is 3. The first-order valence-corrected chi connectivity index (χ1v) is 14.0. The molecule has 0 amide bonds. The lowest BCUT2D eigenvalue weighted by Gasteiger charge is -2.71. The smallest absolute Gasteiger partial charge is 0.307 e. The molecule has 0 aliphatic heterocycles. The molecule has 4 aliphatic carbocycles. The molecule has 4 aliphatic rings. The van der Waals surface area contributed by atoms with Crippen molar-refractivity contribution in [1.29, 1.82) is 0 Å². The summed E-state index contributed by atoms with van der Waals surface area (Å²) < 4.78 is 0. The van der Waals surface area contributed by atoms with Gasteiger partial charge in [0.05, 0.1) is 18.6 Å². The Labute approximate surface area is 207 Å². The maximum atomic E-state index is 12.9. The Morgan fingerprint density at radius 1 is 0.882 bits per heavy atom. The topological polar surface area (TPSA) is 77.8 Å². The Hall–Kier alpha value is -0.870. The maximum absolute atomic E-state index is 12.9. The monoisotopic (exact) mass is 474 g/mol. The van der Waals surface area contributed by atoms with Crippen LogP contribution < -0.4 is 0 Å². The molecular formula is C30H50O4. The second-order valence-electron chi connectivity index (χ2n) is 13.8. The fourth-order valence-electron chi connectivity index (χ4n) is 10.4. The van der Waals surface area contributed by atoms with Crippen molar-refractivity contribution in [2.75, 3.05) is 6.61 Å². The molecule has 4 heteroatoms. The van der Waals surface area contributed by atoms with E-state index in [0.29, 0.717) is 11.8 Å². The Balaban J connectivity index is 1.79. The summed E-state index contributed by atoms with van der Waals surface area (Å²) in [6.07, 6.45) is 10.9. The van der Waals surface area contributed by atoms with Gasteiger partial charge in [-0.15, -0.1) is 0 Å². The predicted octanol–water partition coefficient (Wildman–Crippen LogP) is 6.45. The van der Waals surface area contributed by atoms with Gasteiger partial charge in [0, 0.05) is 5.41 Å². The van der Waals surface area contributed by atoms with Crippen LogP contribution in [0.3, 0.4) is 0 Å². The van der Waals surface area contributed by atoms with Crippen molar-refractivity contribution in [3.63, 3.8) is 0 Å². The molecule has 4 rings (SSSR count). The summed E-state index contributed by atoms with van der Waals surface area (Å²) in [6, 6.07) is 0. The molecule has 3 N–H and O–H groups in total. The first kappa shape index (κ1) is 26.2. The minimum absolute atomic E-state index is 0.0311. The molecule has 0 aromatic heterocycles. The third kappa shape index (κ3) is 3.56. The van der Waals surface area contributed by atoms with Crippen molar-refractivity contribution >= 4 is 5.97 Å². The summed E-state index contributed by atoms with van der Waals surface area (Å²) in [6.45, 7) is 15.8. The van der Waals surface area contributed by atoms with Crippen molar-refractivity contribution < 1.29 is 20.1 Å². The van der Waals surface area contributed by atoms with Gasteiger partial charge in [0.15, 0.2) is 0 Å². The molecule has 0 heterocycles. The van der Waals surface area contributed by atoms with E-state index < -0.39 is 17.5 Å². The zero-order chi connectivity index (χ0) is 25.1. The lowest BCUT2D eigenvalue weighted by atomic mass is 9.34. The van der Waals surface area contributed by atoms with Gasteiger partial charge in [-0.05, 0) is 98.2 Å². The predicted molar refractivity (Wildman–Crippen MR) is 136 cm³/mol. The number of carbonyl (C=O) groups is 1. The highest BCUT2D eigenvalue weighted by molar-refractivity contribution is 5.71. The van der Waals surface area contributed by atoms with Crippen molar-refractivity contribution in [2.24, 2.45) is 51.2 Å². The molecule has 0 spiro atoms. The molecule has 0 aromatic rings. The summed E-state index contributed by atoms with van der Waals surface area (Å²) in [5.41, 5.74) is 0.704. The molecule has 194 valence electrons. The van der Waals surface area contributed by atoms with Gasteiger partial charge in [-0.1, -0.05) is 59.1 Å². The van der Waals surface area contributed by atoms with E-state index in [9.17, 15) is 20.1 Å². The van der Waals surface area contributed by atoms with E-state index in [-0.39, 0.29) is 40.6 Å². The second kappa shape index (κ2) is 8.91. The lowest BCUT2D eigenvalue weighted by molar-refractivity contribution is -0.241. The molecule has 4 saturated carbocycles. The van der Waals surface area contributed by atoms with E-state index in [2.05, 4.69) is 34.3 Å². The number of allylic oxidation sites excluding steroid dienone is 1. The molecule has 0 aromatic carbocycles. The van der Waals surface area contributed by atoms with E-state index in [1.165, 1.54) is 12.8 Å². The third-order valence-corrected chi connectivity index (χ3v) is 12.6. The van der Waals surface area contributed by atoms with Crippen LogP contribution in [0.2, 0.25) is 0 Å². The van der Waals surface area contributed by atoms with Gasteiger partial charge in [0.1, 0.15) is 0 Å². The molecule has 4 fully saturated rings. The quantitative estimate of drug-likeness (QED) is 0.411.